The summed E-state index contributed by atoms with van der Waals surface area (Å²) >= 11 is 6.16. The van der Waals surface area contributed by atoms with E-state index in [0.29, 0.717) is 26.2 Å². The molecule has 2 unspecified atom stereocenters. The van der Waals surface area contributed by atoms with E-state index in [-0.39, 0.29) is 45.9 Å². The molecule has 0 spiro atoms. The molecule has 2 saturated heterocycles. The molecule has 2 amide bonds. The van der Waals surface area contributed by atoms with E-state index in [1.54, 1.807) is 4.90 Å². The molecule has 0 aromatic heterocycles. The summed E-state index contributed by atoms with van der Waals surface area (Å²) in [4.78, 5) is 27.0. The molecule has 2 aliphatic heterocycles. The lowest BCUT2D eigenvalue weighted by Gasteiger charge is -2.32. The van der Waals surface area contributed by atoms with Gasteiger partial charge in [-0.25, -0.2) is 13.1 Å². The van der Waals surface area contributed by atoms with Gasteiger partial charge in [0.2, 0.25) is 15.9 Å². The van der Waals surface area contributed by atoms with Gasteiger partial charge in [0, 0.05) is 38.3 Å². The first-order valence-electron chi connectivity index (χ1n) is 11.3. The highest BCUT2D eigenvalue weighted by Crippen LogP contribution is 2.25. The van der Waals surface area contributed by atoms with Crippen LogP contribution in [0.5, 0.6) is 0 Å². The summed E-state index contributed by atoms with van der Waals surface area (Å²) < 4.78 is 33.6. The Kier molecular flexibility index (Phi) is 8.93. The second kappa shape index (κ2) is 11.4. The highest BCUT2D eigenvalue weighted by atomic mass is 35.5. The van der Waals surface area contributed by atoms with Crippen LogP contribution in [0.15, 0.2) is 23.1 Å². The molecule has 178 valence electrons. The summed E-state index contributed by atoms with van der Waals surface area (Å²) in [5.74, 6) is -0.593. The summed E-state index contributed by atoms with van der Waals surface area (Å²) in [5, 5.41) is 2.98. The lowest BCUT2D eigenvalue weighted by molar-refractivity contribution is -0.126. The third-order valence-electron chi connectivity index (χ3n) is 5.90. The predicted octanol–water partition coefficient (Wildman–Crippen LogP) is 2.57. The maximum absolute atomic E-state index is 13.1. The molecule has 1 aromatic rings. The molecule has 2 atom stereocenters. The van der Waals surface area contributed by atoms with Crippen LogP contribution in [0.25, 0.3) is 0 Å². The van der Waals surface area contributed by atoms with Crippen molar-refractivity contribution in [2.75, 3.05) is 32.8 Å². The number of halogens is 1. The van der Waals surface area contributed by atoms with Crippen molar-refractivity contribution >= 4 is 33.4 Å². The normalized spacial score (nSPS) is 21.5. The van der Waals surface area contributed by atoms with Gasteiger partial charge in [-0.05, 0) is 50.3 Å². The molecule has 0 radical (unpaired) electrons. The molecule has 2 N–H and O–H groups in total. The molecule has 3 rings (SSSR count). The van der Waals surface area contributed by atoms with Gasteiger partial charge < -0.3 is 15.0 Å². The number of carbonyl (C=O) groups is 2. The topological polar surface area (TPSA) is 105 Å². The number of rotatable bonds is 9. The summed E-state index contributed by atoms with van der Waals surface area (Å²) in [7, 11) is -3.90. The lowest BCUT2D eigenvalue weighted by atomic mass is 9.96. The number of ether oxygens (including phenoxy) is 1. The zero-order valence-corrected chi connectivity index (χ0v) is 20.0. The Morgan fingerprint density at radius 2 is 2.06 bits per heavy atom. The van der Waals surface area contributed by atoms with Gasteiger partial charge in [-0.2, -0.15) is 0 Å². The third kappa shape index (κ3) is 6.43. The summed E-state index contributed by atoms with van der Waals surface area (Å²) in [6.45, 7) is 4.34. The molecule has 10 heteroatoms. The molecular formula is C22H32ClN3O5S. The number of sulfonamides is 1. The summed E-state index contributed by atoms with van der Waals surface area (Å²) in [6.07, 6.45) is 4.93. The highest BCUT2D eigenvalue weighted by Gasteiger charge is 2.30. The van der Waals surface area contributed by atoms with E-state index in [9.17, 15) is 18.0 Å². The molecule has 0 saturated carbocycles. The molecule has 2 heterocycles. The zero-order chi connectivity index (χ0) is 23.1. The Morgan fingerprint density at radius 1 is 1.25 bits per heavy atom. The minimum atomic E-state index is -3.90. The Morgan fingerprint density at radius 3 is 2.78 bits per heavy atom. The van der Waals surface area contributed by atoms with Gasteiger partial charge >= 0.3 is 0 Å². The van der Waals surface area contributed by atoms with Gasteiger partial charge in [-0.1, -0.05) is 24.9 Å². The molecule has 0 bridgehead atoms. The van der Waals surface area contributed by atoms with Crippen LogP contribution < -0.4 is 10.0 Å². The SMILES string of the molecule is CCCCNC(=O)C1CCCN(C(=O)c2ccc(Cl)c(S(=O)(=O)NCC3CCCO3)c2)C1. The molecular weight excluding hydrogens is 454 g/mol. The number of amides is 2. The average molecular weight is 486 g/mol. The number of unbranched alkanes of at least 4 members (excludes halogenated alkanes) is 1. The maximum atomic E-state index is 13.1. The first-order valence-corrected chi connectivity index (χ1v) is 13.2. The fraction of sp³-hybridized carbons (Fsp3) is 0.636. The second-order valence-corrected chi connectivity index (χ2v) is 10.5. The highest BCUT2D eigenvalue weighted by molar-refractivity contribution is 7.89. The van der Waals surface area contributed by atoms with Crippen molar-refractivity contribution in [2.24, 2.45) is 5.92 Å². The fourth-order valence-corrected chi connectivity index (χ4v) is 5.61. The Labute approximate surface area is 195 Å². The van der Waals surface area contributed by atoms with Gasteiger partial charge in [-0.15, -0.1) is 0 Å². The zero-order valence-electron chi connectivity index (χ0n) is 18.4. The van der Waals surface area contributed by atoms with E-state index in [4.69, 9.17) is 16.3 Å². The van der Waals surface area contributed by atoms with Crippen molar-refractivity contribution < 1.29 is 22.7 Å². The van der Waals surface area contributed by atoms with E-state index in [1.807, 2.05) is 0 Å². The molecule has 8 nitrogen and oxygen atoms in total. The van der Waals surface area contributed by atoms with Crippen LogP contribution in [0.3, 0.4) is 0 Å². The van der Waals surface area contributed by atoms with Crippen molar-refractivity contribution in [3.05, 3.63) is 28.8 Å². The molecule has 32 heavy (non-hydrogen) atoms. The quantitative estimate of drug-likeness (QED) is 0.523. The molecule has 2 fully saturated rings. The number of benzene rings is 1. The first-order chi connectivity index (χ1) is 15.3. The van der Waals surface area contributed by atoms with Gasteiger partial charge in [0.1, 0.15) is 4.90 Å². The number of piperidine rings is 1. The number of nitrogens with zero attached hydrogens (tertiary/aromatic N) is 1. The van der Waals surface area contributed by atoms with Crippen LogP contribution >= 0.6 is 11.6 Å². The second-order valence-electron chi connectivity index (χ2n) is 8.37. The van der Waals surface area contributed by atoms with Crippen molar-refractivity contribution in [1.82, 2.24) is 14.9 Å². The predicted molar refractivity (Wildman–Crippen MR) is 122 cm³/mol. The van der Waals surface area contributed by atoms with Crippen molar-refractivity contribution in [3.63, 3.8) is 0 Å². The van der Waals surface area contributed by atoms with Crippen molar-refractivity contribution in [3.8, 4) is 0 Å². The fourth-order valence-electron chi connectivity index (χ4n) is 4.02. The lowest BCUT2D eigenvalue weighted by Crippen LogP contribution is -2.45. The summed E-state index contributed by atoms with van der Waals surface area (Å²) in [6, 6.07) is 4.26. The number of nitrogens with one attached hydrogen (secondary N) is 2. The van der Waals surface area contributed by atoms with E-state index < -0.39 is 10.0 Å². The van der Waals surface area contributed by atoms with Gasteiger partial charge in [0.25, 0.3) is 5.91 Å². The van der Waals surface area contributed by atoms with Crippen LogP contribution in [-0.2, 0) is 19.6 Å². The average Bonchev–Trinajstić information content (AvgIpc) is 3.31. The van der Waals surface area contributed by atoms with Crippen LogP contribution in [0.1, 0.15) is 55.8 Å². The summed E-state index contributed by atoms with van der Waals surface area (Å²) in [5.41, 5.74) is 0.235. The molecule has 0 aliphatic carbocycles. The number of carbonyl (C=O) groups excluding carboxylic acids is 2. The van der Waals surface area contributed by atoms with Gasteiger partial charge in [-0.3, -0.25) is 9.59 Å². The smallest absolute Gasteiger partial charge is 0.253 e. The number of likely N-dealkylation sites (tertiary alicyclic amines) is 1. The van der Waals surface area contributed by atoms with Crippen LogP contribution in [0.2, 0.25) is 5.02 Å². The maximum Gasteiger partial charge on any atom is 0.253 e. The first kappa shape index (κ1) is 25.0. The van der Waals surface area contributed by atoms with E-state index in [0.717, 1.165) is 38.5 Å². The van der Waals surface area contributed by atoms with Crippen LogP contribution in [0.4, 0.5) is 0 Å². The Hall–Kier alpha value is -1.68. The number of hydrogen-bond donors (Lipinski definition) is 2. The van der Waals surface area contributed by atoms with Crippen molar-refractivity contribution in [1.29, 1.82) is 0 Å². The van der Waals surface area contributed by atoms with E-state index in [1.165, 1.54) is 18.2 Å². The van der Waals surface area contributed by atoms with E-state index >= 15 is 0 Å². The van der Waals surface area contributed by atoms with Crippen LogP contribution in [0, 0.1) is 5.92 Å². The van der Waals surface area contributed by atoms with Crippen molar-refractivity contribution in [2.45, 2.75) is 56.4 Å². The Bertz CT molecular complexity index is 918. The van der Waals surface area contributed by atoms with Gasteiger partial charge in [0.05, 0.1) is 17.0 Å². The Balaban J connectivity index is 1.68. The standard InChI is InChI=1S/C22H32ClN3O5S/c1-2-3-10-24-21(27)17-6-4-11-26(15-17)22(28)16-8-9-19(23)20(13-16)32(29,30)25-14-18-7-5-12-31-18/h8-9,13,17-18,25H,2-7,10-12,14-15H2,1H3,(H,24,27). The third-order valence-corrected chi connectivity index (χ3v) is 7.81. The monoisotopic (exact) mass is 485 g/mol. The minimum Gasteiger partial charge on any atom is -0.377 e. The minimum absolute atomic E-state index is 0.0337. The largest absolute Gasteiger partial charge is 0.377 e. The van der Waals surface area contributed by atoms with Gasteiger partial charge in [0.15, 0.2) is 0 Å². The molecule has 1 aromatic carbocycles. The molecule has 2 aliphatic rings. The number of hydrogen-bond acceptors (Lipinski definition) is 5. The van der Waals surface area contributed by atoms with Crippen LogP contribution in [-0.4, -0.2) is 64.0 Å². The van der Waals surface area contributed by atoms with E-state index in [2.05, 4.69) is 17.0 Å².